The van der Waals surface area contributed by atoms with Crippen LogP contribution >= 0.6 is 0 Å². The molecule has 0 fully saturated rings. The van der Waals surface area contributed by atoms with E-state index in [2.05, 4.69) is 44.2 Å². The van der Waals surface area contributed by atoms with Crippen molar-refractivity contribution in [3.05, 3.63) is 48.0 Å². The number of fused-ring (bicyclic) bond motifs is 1. The van der Waals surface area contributed by atoms with Crippen molar-refractivity contribution in [2.45, 2.75) is 33.1 Å². The van der Waals surface area contributed by atoms with Gasteiger partial charge in [0.2, 0.25) is 0 Å². The second-order valence-electron chi connectivity index (χ2n) is 5.33. The molecule has 18 heavy (non-hydrogen) atoms. The quantitative estimate of drug-likeness (QED) is 0.757. The third-order valence-electron chi connectivity index (χ3n) is 3.22. The Labute approximate surface area is 109 Å². The van der Waals surface area contributed by atoms with Crippen LogP contribution in [0.3, 0.4) is 0 Å². The first-order chi connectivity index (χ1) is 8.65. The van der Waals surface area contributed by atoms with Crippen molar-refractivity contribution in [2.24, 2.45) is 5.92 Å². The van der Waals surface area contributed by atoms with Crippen LogP contribution in [0.2, 0.25) is 0 Å². The second-order valence-corrected chi connectivity index (χ2v) is 5.33. The van der Waals surface area contributed by atoms with Gasteiger partial charge in [-0.3, -0.25) is 4.79 Å². The van der Waals surface area contributed by atoms with Gasteiger partial charge in [-0.1, -0.05) is 56.3 Å². The Morgan fingerprint density at radius 3 is 2.50 bits per heavy atom. The van der Waals surface area contributed by atoms with Gasteiger partial charge in [0.25, 0.3) is 0 Å². The van der Waals surface area contributed by atoms with Gasteiger partial charge in [-0.15, -0.1) is 0 Å². The third kappa shape index (κ3) is 3.43. The topological polar surface area (TPSA) is 17.1 Å². The summed E-state index contributed by atoms with van der Waals surface area (Å²) in [6, 6.07) is 14.6. The molecule has 1 nitrogen and oxygen atoms in total. The fourth-order valence-electron chi connectivity index (χ4n) is 2.11. The highest BCUT2D eigenvalue weighted by Gasteiger charge is 2.05. The molecule has 0 aromatic heterocycles. The number of carbonyl (C=O) groups is 1. The maximum atomic E-state index is 11.9. The van der Waals surface area contributed by atoms with Gasteiger partial charge in [-0.2, -0.15) is 0 Å². The van der Waals surface area contributed by atoms with E-state index in [-0.39, 0.29) is 0 Å². The van der Waals surface area contributed by atoms with Crippen LogP contribution < -0.4 is 0 Å². The molecule has 0 aliphatic heterocycles. The van der Waals surface area contributed by atoms with Crippen molar-refractivity contribution in [1.29, 1.82) is 0 Å². The Balaban J connectivity index is 2.05. The number of hydrogen-bond acceptors (Lipinski definition) is 1. The van der Waals surface area contributed by atoms with Crippen LogP contribution in [0.1, 0.15) is 32.3 Å². The first-order valence-corrected chi connectivity index (χ1v) is 6.64. The number of rotatable bonds is 5. The number of ketones is 1. The van der Waals surface area contributed by atoms with E-state index in [0.717, 1.165) is 12.0 Å². The second kappa shape index (κ2) is 5.81. The molecule has 0 aliphatic carbocycles. The van der Waals surface area contributed by atoms with E-state index in [1.54, 1.807) is 0 Å². The lowest BCUT2D eigenvalue weighted by Crippen LogP contribution is -2.04. The Morgan fingerprint density at radius 1 is 1.06 bits per heavy atom. The molecule has 0 heterocycles. The van der Waals surface area contributed by atoms with Crippen molar-refractivity contribution in [3.8, 4) is 0 Å². The first kappa shape index (κ1) is 12.8. The van der Waals surface area contributed by atoms with Gasteiger partial charge < -0.3 is 0 Å². The molecule has 2 aromatic rings. The van der Waals surface area contributed by atoms with Gasteiger partial charge in [0.15, 0.2) is 0 Å². The Kier molecular flexibility index (Phi) is 4.14. The molecule has 0 spiro atoms. The van der Waals surface area contributed by atoms with Crippen LogP contribution in [0.5, 0.6) is 0 Å². The SMILES string of the molecule is CC(C)CCC(=O)Cc1ccc2ccccc2c1. The van der Waals surface area contributed by atoms with E-state index in [0.29, 0.717) is 24.5 Å². The fraction of sp³-hybridized carbons (Fsp3) is 0.353. The Morgan fingerprint density at radius 2 is 1.78 bits per heavy atom. The van der Waals surface area contributed by atoms with E-state index in [9.17, 15) is 4.79 Å². The molecule has 2 aromatic carbocycles. The minimum atomic E-state index is 0.346. The third-order valence-corrected chi connectivity index (χ3v) is 3.22. The number of hydrogen-bond donors (Lipinski definition) is 0. The van der Waals surface area contributed by atoms with E-state index in [1.807, 2.05) is 12.1 Å². The molecule has 0 N–H and O–H groups in total. The van der Waals surface area contributed by atoms with Gasteiger partial charge in [0.05, 0.1) is 0 Å². The summed E-state index contributed by atoms with van der Waals surface area (Å²) in [6.45, 7) is 4.31. The summed E-state index contributed by atoms with van der Waals surface area (Å²) >= 11 is 0. The first-order valence-electron chi connectivity index (χ1n) is 6.64. The minimum absolute atomic E-state index is 0.346. The lowest BCUT2D eigenvalue weighted by Gasteiger charge is -2.05. The normalized spacial score (nSPS) is 11.1. The molecule has 94 valence electrons. The highest BCUT2D eigenvalue weighted by Crippen LogP contribution is 2.17. The number of Topliss-reactive ketones (excluding diaryl/α,β-unsaturated/α-hetero) is 1. The molecular weight excluding hydrogens is 220 g/mol. The van der Waals surface area contributed by atoms with Crippen LogP contribution in [0.4, 0.5) is 0 Å². The van der Waals surface area contributed by atoms with Crippen LogP contribution in [0, 0.1) is 5.92 Å². The fourth-order valence-corrected chi connectivity index (χ4v) is 2.11. The summed E-state index contributed by atoms with van der Waals surface area (Å²) in [6.07, 6.45) is 2.26. The predicted octanol–water partition coefficient (Wildman–Crippen LogP) is 4.39. The highest BCUT2D eigenvalue weighted by atomic mass is 16.1. The van der Waals surface area contributed by atoms with E-state index in [4.69, 9.17) is 0 Å². The van der Waals surface area contributed by atoms with Crippen molar-refractivity contribution in [1.82, 2.24) is 0 Å². The van der Waals surface area contributed by atoms with Crippen LogP contribution in [0.15, 0.2) is 42.5 Å². The Bertz CT molecular complexity index is 540. The molecule has 0 radical (unpaired) electrons. The highest BCUT2D eigenvalue weighted by molar-refractivity contribution is 5.86. The molecule has 0 amide bonds. The molecule has 0 unspecified atom stereocenters. The smallest absolute Gasteiger partial charge is 0.137 e. The lowest BCUT2D eigenvalue weighted by atomic mass is 9.99. The molecule has 0 saturated carbocycles. The summed E-state index contributed by atoms with van der Waals surface area (Å²) in [5.74, 6) is 0.949. The van der Waals surface area contributed by atoms with Gasteiger partial charge >= 0.3 is 0 Å². The van der Waals surface area contributed by atoms with Crippen LogP contribution in [0.25, 0.3) is 10.8 Å². The van der Waals surface area contributed by atoms with Crippen molar-refractivity contribution in [2.75, 3.05) is 0 Å². The zero-order valence-corrected chi connectivity index (χ0v) is 11.1. The average molecular weight is 240 g/mol. The number of carbonyl (C=O) groups excluding carboxylic acids is 1. The summed E-state index contributed by atoms with van der Waals surface area (Å²) in [5.41, 5.74) is 1.13. The van der Waals surface area contributed by atoms with Gasteiger partial charge in [-0.05, 0) is 28.7 Å². The molecule has 2 rings (SSSR count). The molecule has 0 aliphatic rings. The molecule has 0 bridgehead atoms. The van der Waals surface area contributed by atoms with Crippen molar-refractivity contribution < 1.29 is 4.79 Å². The van der Waals surface area contributed by atoms with Crippen molar-refractivity contribution in [3.63, 3.8) is 0 Å². The predicted molar refractivity (Wildman–Crippen MR) is 76.7 cm³/mol. The van der Waals surface area contributed by atoms with Gasteiger partial charge in [-0.25, -0.2) is 0 Å². The van der Waals surface area contributed by atoms with Gasteiger partial charge in [0, 0.05) is 12.8 Å². The summed E-state index contributed by atoms with van der Waals surface area (Å²) < 4.78 is 0. The summed E-state index contributed by atoms with van der Waals surface area (Å²) in [5, 5.41) is 2.45. The zero-order valence-electron chi connectivity index (χ0n) is 11.1. The molecule has 1 heteroatoms. The van der Waals surface area contributed by atoms with E-state index < -0.39 is 0 Å². The summed E-state index contributed by atoms with van der Waals surface area (Å²) in [4.78, 5) is 11.9. The average Bonchev–Trinajstić information content (AvgIpc) is 2.36. The maximum Gasteiger partial charge on any atom is 0.137 e. The largest absolute Gasteiger partial charge is 0.299 e. The standard InChI is InChI=1S/C17H20O/c1-13(2)7-10-17(18)12-14-8-9-15-5-3-4-6-16(15)11-14/h3-6,8-9,11,13H,7,10,12H2,1-2H3. The molecule has 0 saturated heterocycles. The van der Waals surface area contributed by atoms with Crippen LogP contribution in [-0.4, -0.2) is 5.78 Å². The van der Waals surface area contributed by atoms with Crippen molar-refractivity contribution >= 4 is 16.6 Å². The van der Waals surface area contributed by atoms with Gasteiger partial charge in [0.1, 0.15) is 5.78 Å². The van der Waals surface area contributed by atoms with E-state index in [1.165, 1.54) is 10.8 Å². The maximum absolute atomic E-state index is 11.9. The monoisotopic (exact) mass is 240 g/mol. The molecular formula is C17H20O. The zero-order chi connectivity index (χ0) is 13.0. The Hall–Kier alpha value is -1.63. The minimum Gasteiger partial charge on any atom is -0.299 e. The van der Waals surface area contributed by atoms with E-state index >= 15 is 0 Å². The molecule has 0 atom stereocenters. The summed E-state index contributed by atoms with van der Waals surface area (Å²) in [7, 11) is 0. The lowest BCUT2D eigenvalue weighted by molar-refractivity contribution is -0.118. The van der Waals surface area contributed by atoms with Crippen LogP contribution in [-0.2, 0) is 11.2 Å². The number of benzene rings is 2.